The van der Waals surface area contributed by atoms with Crippen molar-refractivity contribution in [1.29, 1.82) is 0 Å². The highest BCUT2D eigenvalue weighted by atomic mass is 127. The third-order valence-corrected chi connectivity index (χ3v) is 6.90. The smallest absolute Gasteiger partial charge is 0.209 e. The molecule has 0 saturated carbocycles. The average Bonchev–Trinajstić information content (AvgIpc) is 2.92. The highest BCUT2D eigenvalue weighted by Crippen LogP contribution is 2.42. The van der Waals surface area contributed by atoms with E-state index in [1.165, 1.54) is 39.4 Å². The van der Waals surface area contributed by atoms with Crippen molar-refractivity contribution in [3.05, 3.63) is 89.0 Å². The minimum absolute atomic E-state index is 0. The van der Waals surface area contributed by atoms with Gasteiger partial charge in [0.2, 0.25) is 5.69 Å². The van der Waals surface area contributed by atoms with Crippen molar-refractivity contribution in [2.24, 2.45) is 5.41 Å². The molecule has 2 nitrogen and oxygen atoms in total. The van der Waals surface area contributed by atoms with E-state index in [4.69, 9.17) is 0 Å². The largest absolute Gasteiger partial charge is 1.00 e. The standard InChI is InChI=1S/C30H37N2.HI/c1-29(2)20-23(13-12-22-14-16-25(17-15-22)31(5)6)18-24(21-29)19-28-30(3,4)26-10-8-9-11-27(26)32(28)7;/h8-19H,20-21H2,1-7H3;1H/q+1;/p-1. The van der Waals surface area contributed by atoms with Crippen LogP contribution in [0.15, 0.2) is 77.9 Å². The zero-order valence-corrected chi connectivity index (χ0v) is 23.3. The Morgan fingerprint density at radius 2 is 1.55 bits per heavy atom. The van der Waals surface area contributed by atoms with Gasteiger partial charge in [-0.1, -0.05) is 62.4 Å². The van der Waals surface area contributed by atoms with E-state index >= 15 is 0 Å². The molecule has 0 unspecified atom stereocenters. The molecule has 2 aromatic rings. The Labute approximate surface area is 217 Å². The number of para-hydroxylation sites is 1. The Morgan fingerprint density at radius 3 is 2.18 bits per heavy atom. The molecule has 2 aromatic carbocycles. The zero-order valence-electron chi connectivity index (χ0n) is 21.1. The number of rotatable bonds is 4. The fourth-order valence-corrected chi connectivity index (χ4v) is 5.23. The molecular formula is C30H37IN2. The van der Waals surface area contributed by atoms with Crippen LogP contribution in [-0.4, -0.2) is 31.4 Å². The number of hydrogen-bond acceptors (Lipinski definition) is 1. The molecule has 33 heavy (non-hydrogen) atoms. The van der Waals surface area contributed by atoms with E-state index in [2.05, 4.69) is 131 Å². The summed E-state index contributed by atoms with van der Waals surface area (Å²) in [7, 11) is 6.36. The van der Waals surface area contributed by atoms with Gasteiger partial charge < -0.3 is 28.9 Å². The van der Waals surface area contributed by atoms with Crippen LogP contribution in [0.1, 0.15) is 51.7 Å². The SMILES string of the molecule is CN(C)c1ccc(C=CC2=CC(=CC3=[N+](C)c4ccccc4C3(C)C)CC(C)(C)C2)cc1.[I-]. The molecule has 0 amide bonds. The molecule has 0 fully saturated rings. The third kappa shape index (κ3) is 5.34. The summed E-state index contributed by atoms with van der Waals surface area (Å²) in [5.74, 6) is 0. The number of halogens is 1. The summed E-state index contributed by atoms with van der Waals surface area (Å²) in [6.07, 6.45) is 11.6. The maximum atomic E-state index is 2.45. The molecule has 1 aliphatic carbocycles. The topological polar surface area (TPSA) is 6.25 Å². The first-order valence-corrected chi connectivity index (χ1v) is 11.6. The highest BCUT2D eigenvalue weighted by molar-refractivity contribution is 6.03. The molecule has 0 saturated heterocycles. The first kappa shape index (κ1) is 25.5. The quantitative estimate of drug-likeness (QED) is 0.408. The minimum Gasteiger partial charge on any atom is -1.00 e. The maximum Gasteiger partial charge on any atom is 0.209 e. The number of anilines is 1. The lowest BCUT2D eigenvalue weighted by atomic mass is 9.73. The van der Waals surface area contributed by atoms with E-state index in [0.29, 0.717) is 0 Å². The van der Waals surface area contributed by atoms with Crippen LogP contribution in [0.4, 0.5) is 11.4 Å². The summed E-state index contributed by atoms with van der Waals surface area (Å²) in [6.45, 7) is 9.46. The fraction of sp³-hybridized carbons (Fsp3) is 0.367. The van der Waals surface area contributed by atoms with Crippen molar-refractivity contribution >= 4 is 23.2 Å². The van der Waals surface area contributed by atoms with E-state index in [0.717, 1.165) is 12.8 Å². The van der Waals surface area contributed by atoms with Crippen LogP contribution in [0.5, 0.6) is 0 Å². The molecule has 4 rings (SSSR count). The molecule has 174 valence electrons. The molecule has 1 aliphatic heterocycles. The van der Waals surface area contributed by atoms with Gasteiger partial charge in [0.05, 0.1) is 5.41 Å². The van der Waals surface area contributed by atoms with Crippen molar-refractivity contribution in [3.8, 4) is 0 Å². The Hall–Kier alpha value is -2.14. The van der Waals surface area contributed by atoms with Gasteiger partial charge in [0.1, 0.15) is 7.05 Å². The lowest BCUT2D eigenvalue weighted by Crippen LogP contribution is -3.00. The van der Waals surface area contributed by atoms with Gasteiger partial charge >= 0.3 is 0 Å². The van der Waals surface area contributed by atoms with Gasteiger partial charge in [0.25, 0.3) is 0 Å². The summed E-state index contributed by atoms with van der Waals surface area (Å²) in [4.78, 5) is 2.13. The Balaban J connectivity index is 0.00000306. The molecule has 0 atom stereocenters. The van der Waals surface area contributed by atoms with E-state index in [9.17, 15) is 0 Å². The number of hydrogen-bond donors (Lipinski definition) is 0. The summed E-state index contributed by atoms with van der Waals surface area (Å²) in [6, 6.07) is 17.5. The lowest BCUT2D eigenvalue weighted by molar-refractivity contribution is -0.401. The lowest BCUT2D eigenvalue weighted by Gasteiger charge is -2.30. The van der Waals surface area contributed by atoms with Crippen LogP contribution < -0.4 is 28.9 Å². The van der Waals surface area contributed by atoms with Crippen molar-refractivity contribution in [2.75, 3.05) is 26.0 Å². The third-order valence-electron chi connectivity index (χ3n) is 6.90. The number of allylic oxidation sites excluding steroid dienone is 5. The molecule has 0 aromatic heterocycles. The zero-order chi connectivity index (χ0) is 23.1. The van der Waals surface area contributed by atoms with E-state index in [-0.39, 0.29) is 34.8 Å². The summed E-state index contributed by atoms with van der Waals surface area (Å²) in [5.41, 5.74) is 9.68. The number of benzene rings is 2. The summed E-state index contributed by atoms with van der Waals surface area (Å²) in [5, 5.41) is 0. The summed E-state index contributed by atoms with van der Waals surface area (Å²) >= 11 is 0. The van der Waals surface area contributed by atoms with Gasteiger partial charge in [-0.2, -0.15) is 4.58 Å². The second-order valence-corrected chi connectivity index (χ2v) is 10.9. The van der Waals surface area contributed by atoms with Crippen LogP contribution in [0.3, 0.4) is 0 Å². The molecule has 0 spiro atoms. The summed E-state index contributed by atoms with van der Waals surface area (Å²) < 4.78 is 2.37. The van der Waals surface area contributed by atoms with E-state index in [1.54, 1.807) is 0 Å². The fourth-order valence-electron chi connectivity index (χ4n) is 5.23. The van der Waals surface area contributed by atoms with Crippen LogP contribution in [0.25, 0.3) is 6.08 Å². The molecule has 0 bridgehead atoms. The average molecular weight is 553 g/mol. The second kappa shape index (κ2) is 9.61. The predicted molar refractivity (Wildman–Crippen MR) is 139 cm³/mol. The maximum absolute atomic E-state index is 2.45. The van der Waals surface area contributed by atoms with Gasteiger partial charge in [0, 0.05) is 37.5 Å². The molecule has 3 heteroatoms. The first-order valence-electron chi connectivity index (χ1n) is 11.6. The van der Waals surface area contributed by atoms with Crippen LogP contribution in [0, 0.1) is 5.41 Å². The van der Waals surface area contributed by atoms with Gasteiger partial charge in [-0.25, -0.2) is 0 Å². The van der Waals surface area contributed by atoms with Crippen molar-refractivity contribution in [2.45, 2.75) is 46.0 Å². The van der Waals surface area contributed by atoms with Gasteiger partial charge in [-0.3, -0.25) is 0 Å². The molecule has 1 heterocycles. The Kier molecular flexibility index (Phi) is 7.42. The van der Waals surface area contributed by atoms with Crippen molar-refractivity contribution in [3.63, 3.8) is 0 Å². The van der Waals surface area contributed by atoms with E-state index < -0.39 is 0 Å². The molecule has 2 aliphatic rings. The van der Waals surface area contributed by atoms with Crippen molar-refractivity contribution < 1.29 is 28.6 Å². The van der Waals surface area contributed by atoms with Crippen molar-refractivity contribution in [1.82, 2.24) is 0 Å². The van der Waals surface area contributed by atoms with Crippen LogP contribution >= 0.6 is 0 Å². The van der Waals surface area contributed by atoms with Gasteiger partial charge in [-0.15, -0.1) is 0 Å². The van der Waals surface area contributed by atoms with Gasteiger partial charge in [0.15, 0.2) is 5.71 Å². The predicted octanol–water partition coefficient (Wildman–Crippen LogP) is 4.15. The Morgan fingerprint density at radius 1 is 0.879 bits per heavy atom. The monoisotopic (exact) mass is 552 g/mol. The first-order chi connectivity index (χ1) is 15.1. The molecule has 0 radical (unpaired) electrons. The number of nitrogens with zero attached hydrogens (tertiary/aromatic N) is 2. The molecule has 0 N–H and O–H groups in total. The highest BCUT2D eigenvalue weighted by Gasteiger charge is 2.43. The van der Waals surface area contributed by atoms with E-state index in [1.807, 2.05) is 0 Å². The normalized spacial score (nSPS) is 20.0. The van der Waals surface area contributed by atoms with Gasteiger partial charge in [-0.05, 0) is 60.9 Å². The minimum atomic E-state index is 0. The van der Waals surface area contributed by atoms with Crippen LogP contribution in [-0.2, 0) is 5.41 Å². The Bertz CT molecular complexity index is 1140. The number of fused-ring (bicyclic) bond motifs is 1. The van der Waals surface area contributed by atoms with Crippen LogP contribution in [0.2, 0.25) is 0 Å². The molecular weight excluding hydrogens is 515 g/mol. The second-order valence-electron chi connectivity index (χ2n) is 10.9.